The molecule has 0 fully saturated rings. The number of rotatable bonds is 6. The molecule has 1 aromatic heterocycles. The van der Waals surface area contributed by atoms with Crippen molar-refractivity contribution in [2.24, 2.45) is 0 Å². The minimum Gasteiger partial charge on any atom is -0.372 e. The molecule has 3 aromatic rings. The zero-order valence-corrected chi connectivity index (χ0v) is 17.0. The standard InChI is InChI=1S/C24H27N3O/c1-5-27(6-2)20-10-11-22(21(16-20)23-15-18(4)12-13-25-23)26-24(28)19-9-7-8-17(3)14-19/h7-16H,5-6H2,1-4H3,(H,26,28). The van der Waals surface area contributed by atoms with Gasteiger partial charge >= 0.3 is 0 Å². The van der Waals surface area contributed by atoms with E-state index in [1.807, 2.05) is 56.3 Å². The van der Waals surface area contributed by atoms with Crippen molar-refractivity contribution >= 4 is 17.3 Å². The molecule has 0 saturated carbocycles. The Hall–Kier alpha value is -3.14. The Bertz CT molecular complexity index is 977. The minimum atomic E-state index is -0.117. The lowest BCUT2D eigenvalue weighted by Crippen LogP contribution is -2.22. The molecule has 1 heterocycles. The van der Waals surface area contributed by atoms with Crippen LogP contribution in [0.3, 0.4) is 0 Å². The van der Waals surface area contributed by atoms with Crippen molar-refractivity contribution in [3.8, 4) is 11.3 Å². The monoisotopic (exact) mass is 373 g/mol. The van der Waals surface area contributed by atoms with Crippen molar-refractivity contribution in [2.45, 2.75) is 27.7 Å². The smallest absolute Gasteiger partial charge is 0.255 e. The molecule has 0 aliphatic heterocycles. The lowest BCUT2D eigenvalue weighted by molar-refractivity contribution is 0.102. The normalized spacial score (nSPS) is 10.6. The third-order valence-electron chi connectivity index (χ3n) is 4.85. The van der Waals surface area contributed by atoms with Gasteiger partial charge in [-0.2, -0.15) is 0 Å². The van der Waals surface area contributed by atoms with Crippen LogP contribution < -0.4 is 10.2 Å². The van der Waals surface area contributed by atoms with Crippen molar-refractivity contribution in [2.75, 3.05) is 23.3 Å². The van der Waals surface area contributed by atoms with Crippen molar-refractivity contribution in [3.63, 3.8) is 0 Å². The first-order chi connectivity index (χ1) is 13.5. The second kappa shape index (κ2) is 8.70. The molecule has 0 atom stereocenters. The molecular weight excluding hydrogens is 346 g/mol. The van der Waals surface area contributed by atoms with Crippen molar-refractivity contribution in [1.82, 2.24) is 4.98 Å². The number of carbonyl (C=O) groups excluding carboxylic acids is 1. The van der Waals surface area contributed by atoms with Gasteiger partial charge in [0.15, 0.2) is 0 Å². The summed E-state index contributed by atoms with van der Waals surface area (Å²) in [4.78, 5) is 19.6. The Morgan fingerprint density at radius 3 is 2.39 bits per heavy atom. The van der Waals surface area contributed by atoms with Crippen LogP contribution >= 0.6 is 0 Å². The van der Waals surface area contributed by atoms with Crippen LogP contribution in [0.2, 0.25) is 0 Å². The van der Waals surface area contributed by atoms with Gasteiger partial charge in [0.25, 0.3) is 5.91 Å². The third-order valence-corrected chi connectivity index (χ3v) is 4.85. The van der Waals surface area contributed by atoms with E-state index in [2.05, 4.69) is 41.2 Å². The Morgan fingerprint density at radius 2 is 1.71 bits per heavy atom. The predicted molar refractivity (Wildman–Crippen MR) is 117 cm³/mol. The van der Waals surface area contributed by atoms with Gasteiger partial charge in [-0.3, -0.25) is 9.78 Å². The number of hydrogen-bond donors (Lipinski definition) is 1. The van der Waals surface area contributed by atoms with E-state index in [1.165, 1.54) is 0 Å². The van der Waals surface area contributed by atoms with Crippen LogP contribution in [0, 0.1) is 13.8 Å². The van der Waals surface area contributed by atoms with Gasteiger partial charge < -0.3 is 10.2 Å². The van der Waals surface area contributed by atoms with Gasteiger partial charge in [0.1, 0.15) is 0 Å². The molecule has 0 spiro atoms. The van der Waals surface area contributed by atoms with Crippen LogP contribution in [-0.4, -0.2) is 24.0 Å². The first-order valence-electron chi connectivity index (χ1n) is 9.71. The van der Waals surface area contributed by atoms with Gasteiger partial charge in [0.05, 0.1) is 11.4 Å². The summed E-state index contributed by atoms with van der Waals surface area (Å²) in [6, 6.07) is 17.8. The lowest BCUT2D eigenvalue weighted by atomic mass is 10.0. The summed E-state index contributed by atoms with van der Waals surface area (Å²) < 4.78 is 0. The van der Waals surface area contributed by atoms with E-state index >= 15 is 0 Å². The number of hydrogen-bond acceptors (Lipinski definition) is 3. The van der Waals surface area contributed by atoms with E-state index in [9.17, 15) is 4.79 Å². The number of anilines is 2. The number of nitrogens with zero attached hydrogens (tertiary/aromatic N) is 2. The summed E-state index contributed by atoms with van der Waals surface area (Å²) in [6.07, 6.45) is 1.81. The summed E-state index contributed by atoms with van der Waals surface area (Å²) >= 11 is 0. The topological polar surface area (TPSA) is 45.2 Å². The number of benzene rings is 2. The minimum absolute atomic E-state index is 0.117. The number of aromatic nitrogens is 1. The molecule has 1 N–H and O–H groups in total. The van der Waals surface area contributed by atoms with E-state index in [1.54, 1.807) is 6.20 Å². The number of amides is 1. The summed E-state index contributed by atoms with van der Waals surface area (Å²) in [5.41, 5.74) is 6.51. The first kappa shape index (κ1) is 19.6. The summed E-state index contributed by atoms with van der Waals surface area (Å²) in [7, 11) is 0. The maximum Gasteiger partial charge on any atom is 0.255 e. The molecular formula is C24H27N3O. The molecule has 28 heavy (non-hydrogen) atoms. The average Bonchev–Trinajstić information content (AvgIpc) is 2.70. The molecule has 0 bridgehead atoms. The Labute approximate surface area is 167 Å². The summed E-state index contributed by atoms with van der Waals surface area (Å²) in [5.74, 6) is -0.117. The van der Waals surface area contributed by atoms with Gasteiger partial charge in [0, 0.05) is 36.1 Å². The third kappa shape index (κ3) is 4.39. The molecule has 3 rings (SSSR count). The van der Waals surface area contributed by atoms with Gasteiger partial charge in [0.2, 0.25) is 0 Å². The van der Waals surface area contributed by atoms with E-state index in [4.69, 9.17) is 0 Å². The van der Waals surface area contributed by atoms with Crippen LogP contribution in [0.4, 0.5) is 11.4 Å². The van der Waals surface area contributed by atoms with Crippen LogP contribution in [0.5, 0.6) is 0 Å². The second-order valence-electron chi connectivity index (χ2n) is 6.94. The van der Waals surface area contributed by atoms with Crippen LogP contribution in [0.25, 0.3) is 11.3 Å². The number of pyridine rings is 1. The SMILES string of the molecule is CCN(CC)c1ccc(NC(=O)c2cccc(C)c2)c(-c2cc(C)ccn2)c1. The van der Waals surface area contributed by atoms with E-state index in [0.717, 1.165) is 46.8 Å². The molecule has 0 unspecified atom stereocenters. The molecule has 0 radical (unpaired) electrons. The van der Waals surface area contributed by atoms with Gasteiger partial charge in [-0.15, -0.1) is 0 Å². The van der Waals surface area contributed by atoms with Crippen molar-refractivity contribution in [1.29, 1.82) is 0 Å². The van der Waals surface area contributed by atoms with Gasteiger partial charge in [-0.05, 0) is 75.7 Å². The predicted octanol–water partition coefficient (Wildman–Crippen LogP) is 5.46. The highest BCUT2D eigenvalue weighted by Gasteiger charge is 2.14. The van der Waals surface area contributed by atoms with Gasteiger partial charge in [-0.1, -0.05) is 17.7 Å². The maximum absolute atomic E-state index is 12.8. The summed E-state index contributed by atoms with van der Waals surface area (Å²) in [6.45, 7) is 10.2. The van der Waals surface area contributed by atoms with E-state index in [0.29, 0.717) is 5.56 Å². The van der Waals surface area contributed by atoms with Crippen molar-refractivity contribution in [3.05, 3.63) is 77.5 Å². The number of carbonyl (C=O) groups is 1. The molecule has 4 heteroatoms. The second-order valence-corrected chi connectivity index (χ2v) is 6.94. The highest BCUT2D eigenvalue weighted by Crippen LogP contribution is 2.32. The molecule has 144 valence electrons. The maximum atomic E-state index is 12.8. The first-order valence-corrected chi connectivity index (χ1v) is 9.71. The van der Waals surface area contributed by atoms with Crippen LogP contribution in [0.15, 0.2) is 60.8 Å². The molecule has 2 aromatic carbocycles. The molecule has 0 aliphatic rings. The molecule has 0 saturated heterocycles. The van der Waals surface area contributed by atoms with Crippen LogP contribution in [0.1, 0.15) is 35.3 Å². The molecule has 4 nitrogen and oxygen atoms in total. The average molecular weight is 374 g/mol. The Kier molecular flexibility index (Phi) is 6.09. The van der Waals surface area contributed by atoms with E-state index in [-0.39, 0.29) is 5.91 Å². The Morgan fingerprint density at radius 1 is 0.964 bits per heavy atom. The highest BCUT2D eigenvalue weighted by atomic mass is 16.1. The van der Waals surface area contributed by atoms with E-state index < -0.39 is 0 Å². The quantitative estimate of drug-likeness (QED) is 0.624. The summed E-state index contributed by atoms with van der Waals surface area (Å²) in [5, 5.41) is 3.08. The molecule has 1 amide bonds. The zero-order chi connectivity index (χ0) is 20.1. The highest BCUT2D eigenvalue weighted by molar-refractivity contribution is 6.06. The fourth-order valence-corrected chi connectivity index (χ4v) is 3.30. The largest absolute Gasteiger partial charge is 0.372 e. The molecule has 0 aliphatic carbocycles. The number of nitrogens with one attached hydrogen (secondary N) is 1. The van der Waals surface area contributed by atoms with Crippen LogP contribution in [-0.2, 0) is 0 Å². The fourth-order valence-electron chi connectivity index (χ4n) is 3.30. The number of aryl methyl sites for hydroxylation is 2. The Balaban J connectivity index is 2.03. The lowest BCUT2D eigenvalue weighted by Gasteiger charge is -2.23. The van der Waals surface area contributed by atoms with Gasteiger partial charge in [-0.25, -0.2) is 0 Å². The van der Waals surface area contributed by atoms with Crippen molar-refractivity contribution < 1.29 is 4.79 Å². The fraction of sp³-hybridized carbons (Fsp3) is 0.250. The zero-order valence-electron chi connectivity index (χ0n) is 17.0.